The summed E-state index contributed by atoms with van der Waals surface area (Å²) in [5.41, 5.74) is 4.17. The fourth-order valence-electron chi connectivity index (χ4n) is 2.61. The zero-order valence-corrected chi connectivity index (χ0v) is 19.8. The Hall–Kier alpha value is -3.48. The molecule has 0 aliphatic carbocycles. The van der Waals surface area contributed by atoms with Crippen LogP contribution in [0.5, 0.6) is 0 Å². The number of halogens is 2. The number of hydrogen-bond acceptors (Lipinski definition) is 7. The summed E-state index contributed by atoms with van der Waals surface area (Å²) in [4.78, 5) is 36.2. The third-order valence-corrected chi connectivity index (χ3v) is 7.38. The van der Waals surface area contributed by atoms with Crippen LogP contribution >= 0.6 is 22.9 Å². The molecule has 1 aromatic heterocycles. The van der Waals surface area contributed by atoms with Crippen molar-refractivity contribution in [3.05, 3.63) is 81.3 Å². The molecule has 0 unspecified atom stereocenters. The van der Waals surface area contributed by atoms with Crippen LogP contribution < -0.4 is 15.2 Å². The highest BCUT2D eigenvalue weighted by Gasteiger charge is 2.24. The van der Waals surface area contributed by atoms with Crippen molar-refractivity contribution in [1.82, 2.24) is 10.9 Å². The van der Waals surface area contributed by atoms with Gasteiger partial charge in [-0.2, -0.15) is 0 Å². The summed E-state index contributed by atoms with van der Waals surface area (Å²) in [7, 11) is -2.86. The highest BCUT2D eigenvalue weighted by molar-refractivity contribution is 7.92. The number of benzene rings is 2. The quantitative estimate of drug-likeness (QED) is 0.361. The zero-order valence-electron chi connectivity index (χ0n) is 17.4. The molecule has 0 spiro atoms. The topological polar surface area (TPSA) is 122 Å². The maximum Gasteiger partial charge on any atom is 0.340 e. The molecule has 178 valence electrons. The highest BCUT2D eigenvalue weighted by Crippen LogP contribution is 2.26. The van der Waals surface area contributed by atoms with E-state index in [9.17, 15) is 27.2 Å². The first kappa shape index (κ1) is 25.1. The lowest BCUT2D eigenvalue weighted by atomic mass is 10.2. The summed E-state index contributed by atoms with van der Waals surface area (Å²) < 4.78 is 44.9. The second kappa shape index (κ2) is 10.6. The van der Waals surface area contributed by atoms with Gasteiger partial charge >= 0.3 is 5.97 Å². The van der Waals surface area contributed by atoms with E-state index >= 15 is 0 Å². The Balaban J connectivity index is 1.66. The van der Waals surface area contributed by atoms with E-state index in [4.69, 9.17) is 16.3 Å². The van der Waals surface area contributed by atoms with Crippen molar-refractivity contribution >= 4 is 56.4 Å². The van der Waals surface area contributed by atoms with Gasteiger partial charge in [0.25, 0.3) is 21.8 Å². The molecule has 34 heavy (non-hydrogen) atoms. The van der Waals surface area contributed by atoms with Crippen LogP contribution in [-0.4, -0.2) is 39.9 Å². The van der Waals surface area contributed by atoms with Crippen molar-refractivity contribution in [2.75, 3.05) is 18.0 Å². The average molecular weight is 526 g/mol. The molecule has 2 aromatic carbocycles. The first-order chi connectivity index (χ1) is 16.1. The van der Waals surface area contributed by atoms with Gasteiger partial charge in [0.2, 0.25) is 0 Å². The van der Waals surface area contributed by atoms with Crippen molar-refractivity contribution in [2.45, 2.75) is 4.90 Å². The van der Waals surface area contributed by atoms with Gasteiger partial charge in [0.15, 0.2) is 6.61 Å². The van der Waals surface area contributed by atoms with Crippen LogP contribution in [0.2, 0.25) is 5.02 Å². The lowest BCUT2D eigenvalue weighted by Gasteiger charge is -2.20. The number of ether oxygens (including phenoxy) is 1. The van der Waals surface area contributed by atoms with E-state index in [0.29, 0.717) is 4.88 Å². The molecule has 2 amide bonds. The number of hydrogen-bond donors (Lipinski definition) is 2. The fraction of sp³-hybridized carbons (Fsp3) is 0.0952. The van der Waals surface area contributed by atoms with Crippen LogP contribution in [0.4, 0.5) is 10.1 Å². The zero-order chi connectivity index (χ0) is 24.9. The van der Waals surface area contributed by atoms with E-state index in [2.05, 4.69) is 10.9 Å². The largest absolute Gasteiger partial charge is 0.452 e. The average Bonchev–Trinajstić information content (AvgIpc) is 3.36. The third kappa shape index (κ3) is 5.90. The van der Waals surface area contributed by atoms with E-state index in [0.717, 1.165) is 22.5 Å². The number of rotatable bonds is 7. The molecule has 0 aliphatic rings. The normalized spacial score (nSPS) is 10.9. The van der Waals surface area contributed by atoms with Gasteiger partial charge in [-0.1, -0.05) is 17.7 Å². The van der Waals surface area contributed by atoms with Gasteiger partial charge in [-0.05, 0) is 53.9 Å². The fourth-order valence-corrected chi connectivity index (χ4v) is 4.65. The molecule has 0 saturated heterocycles. The Morgan fingerprint density at radius 3 is 2.44 bits per heavy atom. The summed E-state index contributed by atoms with van der Waals surface area (Å²) in [5, 5.41) is 1.59. The summed E-state index contributed by atoms with van der Waals surface area (Å²) >= 11 is 7.19. The molecule has 0 fully saturated rings. The molecule has 13 heteroatoms. The first-order valence-electron chi connectivity index (χ1n) is 9.43. The van der Waals surface area contributed by atoms with E-state index in [1.165, 1.54) is 42.6 Å². The third-order valence-electron chi connectivity index (χ3n) is 4.40. The predicted octanol–water partition coefficient (Wildman–Crippen LogP) is 2.98. The van der Waals surface area contributed by atoms with Crippen molar-refractivity contribution in [3.63, 3.8) is 0 Å². The number of nitrogens with one attached hydrogen (secondary N) is 2. The Morgan fingerprint density at radius 2 is 1.79 bits per heavy atom. The maximum atomic E-state index is 13.2. The number of carbonyl (C=O) groups is 3. The number of esters is 1. The molecule has 3 aromatic rings. The van der Waals surface area contributed by atoms with Gasteiger partial charge in [-0.3, -0.25) is 24.7 Å². The Kier molecular flexibility index (Phi) is 7.87. The van der Waals surface area contributed by atoms with Gasteiger partial charge in [-0.25, -0.2) is 17.6 Å². The first-order valence-corrected chi connectivity index (χ1v) is 12.1. The van der Waals surface area contributed by atoms with Crippen LogP contribution in [0.25, 0.3) is 0 Å². The standard InChI is InChI=1S/C21H17ClFN3O6S2/c1-26(14-6-4-13(23)5-7-14)34(30,31)15-8-9-17(22)16(11-15)21(29)32-12-19(27)24-25-20(28)18-3-2-10-33-18/h2-11H,12H2,1H3,(H,24,27)(H,25,28). The molecule has 0 radical (unpaired) electrons. The lowest BCUT2D eigenvalue weighted by molar-refractivity contribution is -0.125. The van der Waals surface area contributed by atoms with E-state index in [1.54, 1.807) is 17.5 Å². The number of anilines is 1. The van der Waals surface area contributed by atoms with Crippen LogP contribution in [-0.2, 0) is 19.6 Å². The number of nitrogens with zero attached hydrogens (tertiary/aromatic N) is 1. The van der Waals surface area contributed by atoms with Crippen LogP contribution in [0.15, 0.2) is 64.9 Å². The summed E-state index contributed by atoms with van der Waals surface area (Å²) in [6.07, 6.45) is 0. The minimum absolute atomic E-state index is 0.0974. The van der Waals surface area contributed by atoms with Crippen LogP contribution in [0.3, 0.4) is 0 Å². The SMILES string of the molecule is CN(c1ccc(F)cc1)S(=O)(=O)c1ccc(Cl)c(C(=O)OCC(=O)NNC(=O)c2cccs2)c1. The second-order valence-corrected chi connectivity index (χ2v) is 9.97. The Morgan fingerprint density at radius 1 is 1.09 bits per heavy atom. The number of amides is 2. The molecular weight excluding hydrogens is 509 g/mol. The summed E-state index contributed by atoms with van der Waals surface area (Å²) in [6, 6.07) is 11.4. The molecule has 0 aliphatic heterocycles. The lowest BCUT2D eigenvalue weighted by Crippen LogP contribution is -2.43. The van der Waals surface area contributed by atoms with Crippen LogP contribution in [0, 0.1) is 5.82 Å². The maximum absolute atomic E-state index is 13.2. The van der Waals surface area contributed by atoms with E-state index < -0.39 is 40.2 Å². The van der Waals surface area contributed by atoms with Crippen molar-refractivity contribution in [2.24, 2.45) is 0 Å². The molecular formula is C21H17ClFN3O6S2. The van der Waals surface area contributed by atoms with E-state index in [1.807, 2.05) is 0 Å². The van der Waals surface area contributed by atoms with Gasteiger partial charge in [0, 0.05) is 7.05 Å². The molecule has 2 N–H and O–H groups in total. The van der Waals surface area contributed by atoms with Crippen LogP contribution in [0.1, 0.15) is 20.0 Å². The second-order valence-electron chi connectivity index (χ2n) is 6.65. The highest BCUT2D eigenvalue weighted by atomic mass is 35.5. The molecule has 0 saturated carbocycles. The molecule has 0 bridgehead atoms. The Bertz CT molecular complexity index is 1310. The summed E-state index contributed by atoms with van der Waals surface area (Å²) in [5.74, 6) is -2.94. The minimum Gasteiger partial charge on any atom is -0.452 e. The van der Waals surface area contributed by atoms with Crippen molar-refractivity contribution in [1.29, 1.82) is 0 Å². The van der Waals surface area contributed by atoms with Crippen molar-refractivity contribution in [3.8, 4) is 0 Å². The number of sulfonamides is 1. The number of hydrazine groups is 1. The summed E-state index contributed by atoms with van der Waals surface area (Å²) in [6.45, 7) is -0.758. The number of carbonyl (C=O) groups excluding carboxylic acids is 3. The van der Waals surface area contributed by atoms with Gasteiger partial charge < -0.3 is 4.74 Å². The predicted molar refractivity (Wildman–Crippen MR) is 124 cm³/mol. The van der Waals surface area contributed by atoms with Gasteiger partial charge in [0.1, 0.15) is 5.82 Å². The van der Waals surface area contributed by atoms with Gasteiger partial charge in [-0.15, -0.1) is 11.3 Å². The smallest absolute Gasteiger partial charge is 0.340 e. The molecule has 3 rings (SSSR count). The number of thiophene rings is 1. The van der Waals surface area contributed by atoms with Crippen molar-refractivity contribution < 1.29 is 31.9 Å². The van der Waals surface area contributed by atoms with E-state index in [-0.39, 0.29) is 21.2 Å². The Labute approximate surface area is 203 Å². The molecule has 1 heterocycles. The monoisotopic (exact) mass is 525 g/mol. The minimum atomic E-state index is -4.13. The molecule has 9 nitrogen and oxygen atoms in total. The molecule has 0 atom stereocenters. The van der Waals surface area contributed by atoms with Gasteiger partial charge in [0.05, 0.1) is 26.0 Å².